The lowest BCUT2D eigenvalue weighted by atomic mass is 10.1. The number of thioether (sulfide) groups is 1. The number of nitrogens with zero attached hydrogens (tertiary/aromatic N) is 2. The van der Waals surface area contributed by atoms with Crippen molar-refractivity contribution in [3.8, 4) is 0 Å². The molecule has 1 aliphatic heterocycles. The second kappa shape index (κ2) is 10.4. The highest BCUT2D eigenvalue weighted by atomic mass is 35.5. The molecular weight excluding hydrogens is 438 g/mol. The van der Waals surface area contributed by atoms with E-state index >= 15 is 0 Å². The molecule has 2 aromatic rings. The van der Waals surface area contributed by atoms with Gasteiger partial charge in [-0.05, 0) is 48.9 Å². The highest BCUT2D eigenvalue weighted by molar-refractivity contribution is 8.15. The summed E-state index contributed by atoms with van der Waals surface area (Å²) in [6.07, 6.45) is 0.0315. The van der Waals surface area contributed by atoms with Gasteiger partial charge in [0.2, 0.25) is 11.8 Å². The first-order valence-electron chi connectivity index (χ1n) is 8.32. The molecule has 1 atom stereocenters. The second-order valence-corrected chi connectivity index (χ2v) is 7.58. The van der Waals surface area contributed by atoms with Crippen LogP contribution in [0, 0.1) is 5.82 Å². The Morgan fingerprint density at radius 3 is 2.52 bits per heavy atom. The smallest absolute Gasteiger partial charge is 0.238 e. The SMILES string of the molecule is CC(=N/N=C1\NC(=O)CC(C(=O)Nc2ccc(Cl)cc2)S1)c1ccc(F)cc1.Cl. The van der Waals surface area contributed by atoms with E-state index in [1.165, 1.54) is 12.1 Å². The highest BCUT2D eigenvalue weighted by Gasteiger charge is 2.30. The Morgan fingerprint density at radius 1 is 1.21 bits per heavy atom. The monoisotopic (exact) mass is 454 g/mol. The van der Waals surface area contributed by atoms with Crippen molar-refractivity contribution in [1.82, 2.24) is 5.32 Å². The van der Waals surface area contributed by atoms with Crippen LogP contribution in [-0.2, 0) is 9.59 Å². The molecule has 1 saturated heterocycles. The molecule has 0 saturated carbocycles. The number of carbonyl (C=O) groups is 2. The van der Waals surface area contributed by atoms with E-state index in [1.807, 2.05) is 0 Å². The number of amides is 2. The van der Waals surface area contributed by atoms with Crippen molar-refractivity contribution in [2.24, 2.45) is 10.2 Å². The van der Waals surface area contributed by atoms with Gasteiger partial charge in [-0.3, -0.25) is 9.59 Å². The van der Waals surface area contributed by atoms with Crippen LogP contribution in [0.4, 0.5) is 10.1 Å². The van der Waals surface area contributed by atoms with Crippen molar-refractivity contribution < 1.29 is 14.0 Å². The summed E-state index contributed by atoms with van der Waals surface area (Å²) >= 11 is 6.95. The van der Waals surface area contributed by atoms with Crippen LogP contribution in [0.2, 0.25) is 5.02 Å². The first-order chi connectivity index (χ1) is 13.4. The molecule has 0 bridgehead atoms. The number of hydrogen-bond donors (Lipinski definition) is 2. The normalized spacial score (nSPS) is 18.0. The molecule has 2 N–H and O–H groups in total. The average molecular weight is 455 g/mol. The molecule has 1 fully saturated rings. The Bertz CT molecular complexity index is 950. The molecule has 0 spiro atoms. The van der Waals surface area contributed by atoms with Crippen LogP contribution in [0.25, 0.3) is 0 Å². The third kappa shape index (κ3) is 6.56. The zero-order valence-corrected chi connectivity index (χ0v) is 17.6. The van der Waals surface area contributed by atoms with Gasteiger partial charge in [0.15, 0.2) is 5.17 Å². The number of hydrogen-bond acceptors (Lipinski definition) is 5. The summed E-state index contributed by atoms with van der Waals surface area (Å²) in [4.78, 5) is 24.4. The van der Waals surface area contributed by atoms with Gasteiger partial charge in [-0.25, -0.2) is 4.39 Å². The van der Waals surface area contributed by atoms with Gasteiger partial charge in [-0.2, -0.15) is 5.10 Å². The Labute approximate surface area is 182 Å². The molecule has 1 heterocycles. The Hall–Kier alpha value is -2.42. The quantitative estimate of drug-likeness (QED) is 0.535. The summed E-state index contributed by atoms with van der Waals surface area (Å²) in [5.41, 5.74) is 1.84. The molecule has 2 aromatic carbocycles. The summed E-state index contributed by atoms with van der Waals surface area (Å²) in [6.45, 7) is 1.72. The van der Waals surface area contributed by atoms with Crippen LogP contribution in [0.1, 0.15) is 18.9 Å². The van der Waals surface area contributed by atoms with Crippen molar-refractivity contribution in [1.29, 1.82) is 0 Å². The maximum absolute atomic E-state index is 13.0. The molecule has 10 heteroatoms. The molecule has 1 unspecified atom stereocenters. The Kier molecular flexibility index (Phi) is 8.19. The topological polar surface area (TPSA) is 82.9 Å². The van der Waals surface area contributed by atoms with Crippen molar-refractivity contribution >= 4 is 64.2 Å². The average Bonchev–Trinajstić information content (AvgIpc) is 2.68. The third-order valence-corrected chi connectivity index (χ3v) is 5.15. The lowest BCUT2D eigenvalue weighted by molar-refractivity contribution is -0.123. The predicted molar refractivity (Wildman–Crippen MR) is 118 cm³/mol. The van der Waals surface area contributed by atoms with E-state index in [2.05, 4.69) is 20.8 Å². The van der Waals surface area contributed by atoms with Gasteiger partial charge in [-0.1, -0.05) is 35.5 Å². The van der Waals surface area contributed by atoms with Crippen molar-refractivity contribution in [2.45, 2.75) is 18.6 Å². The van der Waals surface area contributed by atoms with Crippen molar-refractivity contribution in [3.63, 3.8) is 0 Å². The summed E-state index contributed by atoms with van der Waals surface area (Å²) < 4.78 is 13.0. The zero-order chi connectivity index (χ0) is 20.1. The van der Waals surface area contributed by atoms with Crippen molar-refractivity contribution in [2.75, 3.05) is 5.32 Å². The van der Waals surface area contributed by atoms with Crippen LogP contribution in [0.3, 0.4) is 0 Å². The van der Waals surface area contributed by atoms with Gasteiger partial charge in [0, 0.05) is 17.1 Å². The molecule has 0 aromatic heterocycles. The fourth-order valence-electron chi connectivity index (χ4n) is 2.36. The summed E-state index contributed by atoms with van der Waals surface area (Å²) in [5.74, 6) is -0.968. The van der Waals surface area contributed by atoms with Crippen LogP contribution in [-0.4, -0.2) is 27.9 Å². The first kappa shape index (κ1) is 22.9. The maximum Gasteiger partial charge on any atom is 0.238 e. The zero-order valence-electron chi connectivity index (χ0n) is 15.2. The van der Waals surface area contributed by atoms with Gasteiger partial charge in [0.1, 0.15) is 11.1 Å². The number of halogens is 3. The van der Waals surface area contributed by atoms with E-state index in [0.29, 0.717) is 22.0 Å². The largest absolute Gasteiger partial charge is 0.325 e. The maximum atomic E-state index is 13.0. The number of anilines is 1. The van der Waals surface area contributed by atoms with E-state index in [9.17, 15) is 14.0 Å². The molecule has 152 valence electrons. The van der Waals surface area contributed by atoms with Gasteiger partial charge in [-0.15, -0.1) is 17.5 Å². The number of amidine groups is 1. The van der Waals surface area contributed by atoms with Gasteiger partial charge in [0.25, 0.3) is 0 Å². The van der Waals surface area contributed by atoms with Crippen LogP contribution < -0.4 is 10.6 Å². The molecule has 3 rings (SSSR count). The first-order valence-corrected chi connectivity index (χ1v) is 9.57. The second-order valence-electron chi connectivity index (χ2n) is 5.95. The molecule has 1 aliphatic rings. The number of carbonyl (C=O) groups excluding carboxylic acids is 2. The molecular formula is C19H17Cl2FN4O2S. The molecule has 0 radical (unpaired) electrons. The third-order valence-electron chi connectivity index (χ3n) is 3.83. The number of benzene rings is 2. The lowest BCUT2D eigenvalue weighted by Crippen LogP contribution is -2.41. The fourth-order valence-corrected chi connectivity index (χ4v) is 3.42. The van der Waals surface area contributed by atoms with Gasteiger partial charge >= 0.3 is 0 Å². The molecule has 6 nitrogen and oxygen atoms in total. The van der Waals surface area contributed by atoms with Gasteiger partial charge < -0.3 is 10.6 Å². The van der Waals surface area contributed by atoms with Crippen LogP contribution in [0.15, 0.2) is 58.7 Å². The summed E-state index contributed by atoms with van der Waals surface area (Å²) in [7, 11) is 0. The minimum atomic E-state index is -0.635. The van der Waals surface area contributed by atoms with E-state index < -0.39 is 5.25 Å². The number of rotatable bonds is 4. The molecule has 0 aliphatic carbocycles. The number of nitrogens with one attached hydrogen (secondary N) is 2. The van der Waals surface area contributed by atoms with E-state index in [-0.39, 0.29) is 41.6 Å². The predicted octanol–water partition coefficient (Wildman–Crippen LogP) is 4.24. The van der Waals surface area contributed by atoms with E-state index in [0.717, 1.165) is 11.8 Å². The minimum Gasteiger partial charge on any atom is -0.325 e. The highest BCUT2D eigenvalue weighted by Crippen LogP contribution is 2.23. The summed E-state index contributed by atoms with van der Waals surface area (Å²) in [5, 5.41) is 13.6. The van der Waals surface area contributed by atoms with E-state index in [1.54, 1.807) is 43.3 Å². The summed E-state index contributed by atoms with van der Waals surface area (Å²) in [6, 6.07) is 12.5. The van der Waals surface area contributed by atoms with Crippen LogP contribution in [0.5, 0.6) is 0 Å². The minimum absolute atomic E-state index is 0. The van der Waals surface area contributed by atoms with Crippen LogP contribution >= 0.6 is 35.8 Å². The lowest BCUT2D eigenvalue weighted by Gasteiger charge is -2.21. The molecule has 2 amide bonds. The fraction of sp³-hybridized carbons (Fsp3) is 0.158. The Balaban J connectivity index is 0.00000300. The standard InChI is InChI=1S/C19H16ClFN4O2S.ClH/c1-11(12-2-6-14(21)7-3-12)24-25-19-23-17(26)10-16(28-19)18(27)22-15-8-4-13(20)5-9-15;/h2-9,16H,10H2,1H3,(H,22,27)(H,23,25,26);1H. The molecule has 29 heavy (non-hydrogen) atoms. The Morgan fingerprint density at radius 2 is 1.86 bits per heavy atom. The van der Waals surface area contributed by atoms with Crippen molar-refractivity contribution in [3.05, 3.63) is 64.9 Å². The van der Waals surface area contributed by atoms with Gasteiger partial charge in [0.05, 0.1) is 5.71 Å². The van der Waals surface area contributed by atoms with E-state index in [4.69, 9.17) is 11.6 Å².